The zero-order valence-electron chi connectivity index (χ0n) is 25.2. The first-order chi connectivity index (χ1) is 21.1. The lowest BCUT2D eigenvalue weighted by molar-refractivity contribution is 0.132. The van der Waals surface area contributed by atoms with Crippen molar-refractivity contribution in [1.29, 1.82) is 0 Å². The number of nitrogens with one attached hydrogen (secondary N) is 2. The molecule has 6 rings (SSSR count). The van der Waals surface area contributed by atoms with Crippen LogP contribution >= 0.6 is 0 Å². The van der Waals surface area contributed by atoms with Crippen LogP contribution in [0.15, 0.2) is 53.6 Å². The number of aromatic nitrogens is 2. The number of nitrogens with zero attached hydrogens (tertiary/aromatic N) is 3. The molecule has 3 aromatic carbocycles. The minimum atomic E-state index is -4.00. The Balaban J connectivity index is 1.23. The quantitative estimate of drug-likeness (QED) is 0.230. The van der Waals surface area contributed by atoms with Crippen molar-refractivity contribution in [2.24, 2.45) is 0 Å². The molecule has 0 radical (unpaired) electrons. The number of rotatable bonds is 9. The number of aliphatic hydroxyl groups is 1. The van der Waals surface area contributed by atoms with Crippen LogP contribution in [-0.2, 0) is 21.2 Å². The standard InChI is InChI=1S/C33H38FN5O4S/c1-20-16-26-25(5-9-30(26)40)31(17-20)44(41,42)38-28-8-6-27(34)32(21(28)2)22-4-7-29-23(18-22)19-35-33(37-29)36-24-10-12-39(13-11-24)14-15-43-3/h4,6-8,16-19,24,30,38,40H,5,9-15H2,1-3H3,(H,35,36,37). The number of piperidine rings is 1. The molecule has 4 aromatic rings. The lowest BCUT2D eigenvalue weighted by Gasteiger charge is -2.32. The smallest absolute Gasteiger partial charge is 0.262 e. The average molecular weight is 620 g/mol. The molecule has 3 N–H and O–H groups in total. The Kier molecular flexibility index (Phi) is 8.56. The number of hydrogen-bond donors (Lipinski definition) is 3. The van der Waals surface area contributed by atoms with E-state index < -0.39 is 21.9 Å². The van der Waals surface area contributed by atoms with Gasteiger partial charge in [-0.05, 0) is 97.7 Å². The summed E-state index contributed by atoms with van der Waals surface area (Å²) in [4.78, 5) is 11.8. The van der Waals surface area contributed by atoms with E-state index in [1.807, 2.05) is 25.1 Å². The van der Waals surface area contributed by atoms with Crippen molar-refractivity contribution in [1.82, 2.24) is 14.9 Å². The Morgan fingerprint density at radius 2 is 1.89 bits per heavy atom. The maximum Gasteiger partial charge on any atom is 0.262 e. The van der Waals surface area contributed by atoms with Gasteiger partial charge in [0.1, 0.15) is 5.82 Å². The second kappa shape index (κ2) is 12.4. The summed E-state index contributed by atoms with van der Waals surface area (Å²) in [5.74, 6) is 0.106. The van der Waals surface area contributed by atoms with Crippen LogP contribution in [0.4, 0.5) is 16.0 Å². The number of benzene rings is 3. The molecular weight excluding hydrogens is 581 g/mol. The van der Waals surface area contributed by atoms with Crippen LogP contribution in [0.25, 0.3) is 22.0 Å². The number of likely N-dealkylation sites (tertiary alicyclic amines) is 1. The monoisotopic (exact) mass is 619 g/mol. The fourth-order valence-corrected chi connectivity index (χ4v) is 7.86. The Hall–Kier alpha value is -3.64. The molecule has 44 heavy (non-hydrogen) atoms. The molecule has 1 aromatic heterocycles. The predicted molar refractivity (Wildman–Crippen MR) is 170 cm³/mol. The summed E-state index contributed by atoms with van der Waals surface area (Å²) in [6.45, 7) is 7.17. The molecule has 1 aliphatic heterocycles. The normalized spacial score (nSPS) is 17.6. The average Bonchev–Trinajstić information content (AvgIpc) is 3.37. The van der Waals surface area contributed by atoms with Crippen molar-refractivity contribution >= 4 is 32.6 Å². The van der Waals surface area contributed by atoms with E-state index in [0.29, 0.717) is 58.3 Å². The predicted octanol–water partition coefficient (Wildman–Crippen LogP) is 5.36. The number of sulfonamides is 1. The summed E-state index contributed by atoms with van der Waals surface area (Å²) in [6.07, 6.45) is 4.01. The van der Waals surface area contributed by atoms with Crippen molar-refractivity contribution in [2.75, 3.05) is 43.4 Å². The molecule has 1 fully saturated rings. The Morgan fingerprint density at radius 1 is 1.09 bits per heavy atom. The zero-order valence-corrected chi connectivity index (χ0v) is 26.0. The van der Waals surface area contributed by atoms with E-state index >= 15 is 4.39 Å². The lowest BCUT2D eigenvalue weighted by atomic mass is 9.97. The van der Waals surface area contributed by atoms with E-state index in [1.54, 1.807) is 32.4 Å². The number of anilines is 2. The van der Waals surface area contributed by atoms with Crippen LogP contribution in [0.5, 0.6) is 0 Å². The molecule has 2 aliphatic rings. The Bertz CT molecular complexity index is 1810. The number of methoxy groups -OCH3 is 1. The van der Waals surface area contributed by atoms with Crippen molar-refractivity contribution in [3.63, 3.8) is 0 Å². The van der Waals surface area contributed by atoms with Crippen LogP contribution in [0, 0.1) is 19.7 Å². The third kappa shape index (κ3) is 6.14. The first kappa shape index (κ1) is 30.4. The molecule has 1 aliphatic carbocycles. The number of aliphatic hydroxyl groups excluding tert-OH is 1. The van der Waals surface area contributed by atoms with Gasteiger partial charge >= 0.3 is 0 Å². The third-order valence-electron chi connectivity index (χ3n) is 8.76. The number of aryl methyl sites for hydroxylation is 1. The number of hydrogen-bond acceptors (Lipinski definition) is 8. The van der Waals surface area contributed by atoms with E-state index in [1.165, 1.54) is 12.1 Å². The molecule has 11 heteroatoms. The summed E-state index contributed by atoms with van der Waals surface area (Å²) in [7, 11) is -2.28. The van der Waals surface area contributed by atoms with Crippen LogP contribution in [0.2, 0.25) is 0 Å². The van der Waals surface area contributed by atoms with Gasteiger partial charge in [-0.2, -0.15) is 0 Å². The molecule has 0 amide bonds. The van der Waals surface area contributed by atoms with Gasteiger partial charge in [0.25, 0.3) is 10.0 Å². The minimum Gasteiger partial charge on any atom is -0.388 e. The second-order valence-corrected chi connectivity index (χ2v) is 13.5. The minimum absolute atomic E-state index is 0.151. The first-order valence-corrected chi connectivity index (χ1v) is 16.5. The van der Waals surface area contributed by atoms with Crippen LogP contribution in [0.1, 0.15) is 47.6 Å². The largest absolute Gasteiger partial charge is 0.388 e. The highest BCUT2D eigenvalue weighted by Gasteiger charge is 2.29. The van der Waals surface area contributed by atoms with Crippen molar-refractivity contribution < 1.29 is 22.7 Å². The number of ether oxygens (including phenoxy) is 1. The highest BCUT2D eigenvalue weighted by atomic mass is 32.2. The first-order valence-electron chi connectivity index (χ1n) is 15.0. The van der Waals surface area contributed by atoms with E-state index in [0.717, 1.165) is 55.5 Å². The molecule has 0 bridgehead atoms. The highest BCUT2D eigenvalue weighted by molar-refractivity contribution is 7.92. The topological polar surface area (TPSA) is 117 Å². The van der Waals surface area contributed by atoms with Crippen LogP contribution in [-0.4, -0.2) is 67.8 Å². The number of fused-ring (bicyclic) bond motifs is 2. The molecule has 2 heterocycles. The van der Waals surface area contributed by atoms with Gasteiger partial charge in [-0.15, -0.1) is 0 Å². The van der Waals surface area contributed by atoms with E-state index in [9.17, 15) is 13.5 Å². The van der Waals surface area contributed by atoms with E-state index in [2.05, 4.69) is 19.9 Å². The molecule has 1 saturated heterocycles. The van der Waals surface area contributed by atoms with Gasteiger partial charge in [0.2, 0.25) is 5.95 Å². The molecular formula is C33H38FN5O4S. The van der Waals surface area contributed by atoms with Gasteiger partial charge in [0, 0.05) is 49.9 Å². The maximum absolute atomic E-state index is 15.3. The molecule has 0 spiro atoms. The summed E-state index contributed by atoms with van der Waals surface area (Å²) in [5, 5.41) is 14.6. The van der Waals surface area contributed by atoms with Gasteiger partial charge in [0.15, 0.2) is 0 Å². The van der Waals surface area contributed by atoms with Crippen molar-refractivity contribution in [3.8, 4) is 11.1 Å². The van der Waals surface area contributed by atoms with E-state index in [-0.39, 0.29) is 4.90 Å². The SMILES string of the molecule is COCCN1CCC(Nc2ncc3cc(-c4c(F)ccc(NS(=O)(=O)c5cc(C)cc6c5CCC6O)c4C)ccc3n2)CC1. The number of halogens is 1. The van der Waals surface area contributed by atoms with Crippen LogP contribution in [0.3, 0.4) is 0 Å². The molecule has 1 atom stereocenters. The lowest BCUT2D eigenvalue weighted by Crippen LogP contribution is -2.40. The fraction of sp³-hybridized carbons (Fsp3) is 0.394. The van der Waals surface area contributed by atoms with Gasteiger partial charge in [-0.1, -0.05) is 12.1 Å². The van der Waals surface area contributed by atoms with Crippen LogP contribution < -0.4 is 10.0 Å². The summed E-state index contributed by atoms with van der Waals surface area (Å²) in [6, 6.07) is 11.9. The van der Waals surface area contributed by atoms with Gasteiger partial charge in [-0.25, -0.2) is 22.8 Å². The third-order valence-corrected chi connectivity index (χ3v) is 10.2. The van der Waals surface area contributed by atoms with Crippen molar-refractivity contribution in [3.05, 3.63) is 76.7 Å². The summed E-state index contributed by atoms with van der Waals surface area (Å²) < 4.78 is 50.4. The van der Waals surface area contributed by atoms with Gasteiger partial charge in [0.05, 0.1) is 28.8 Å². The fourth-order valence-electron chi connectivity index (χ4n) is 6.36. The molecule has 9 nitrogen and oxygen atoms in total. The zero-order chi connectivity index (χ0) is 31.0. The second-order valence-electron chi connectivity index (χ2n) is 11.8. The molecule has 1 unspecified atom stereocenters. The van der Waals surface area contributed by atoms with Crippen molar-refractivity contribution in [2.45, 2.75) is 56.6 Å². The van der Waals surface area contributed by atoms with Gasteiger partial charge < -0.3 is 20.1 Å². The summed E-state index contributed by atoms with van der Waals surface area (Å²) in [5.41, 5.74) is 4.43. The molecule has 0 saturated carbocycles. The highest BCUT2D eigenvalue weighted by Crippen LogP contribution is 2.38. The van der Waals surface area contributed by atoms with Gasteiger partial charge in [-0.3, -0.25) is 4.72 Å². The Labute approximate surface area is 257 Å². The Morgan fingerprint density at radius 3 is 2.66 bits per heavy atom. The summed E-state index contributed by atoms with van der Waals surface area (Å²) >= 11 is 0. The maximum atomic E-state index is 15.3. The molecule has 232 valence electrons. The van der Waals surface area contributed by atoms with E-state index in [4.69, 9.17) is 9.72 Å².